The number of rotatable bonds is 17. The van der Waals surface area contributed by atoms with Gasteiger partial charge in [-0.15, -0.1) is 0 Å². The minimum atomic E-state index is -1.85. The van der Waals surface area contributed by atoms with Crippen molar-refractivity contribution in [2.45, 2.75) is 205 Å². The Morgan fingerprint density at radius 2 is 1.48 bits per heavy atom. The Labute approximate surface area is 371 Å². The van der Waals surface area contributed by atoms with Crippen LogP contribution in [-0.4, -0.2) is 142 Å². The number of carbonyl (C=O) groups is 2. The number of cyclic esters (lactones) is 1. The Hall–Kier alpha value is -1.69. The van der Waals surface area contributed by atoms with E-state index in [0.29, 0.717) is 19.3 Å². The van der Waals surface area contributed by atoms with Gasteiger partial charge in [-0.25, -0.2) is 0 Å². The molecule has 0 spiro atoms. The summed E-state index contributed by atoms with van der Waals surface area (Å²) in [4.78, 5) is 31.4. The van der Waals surface area contributed by atoms with E-state index in [2.05, 4.69) is 43.7 Å². The van der Waals surface area contributed by atoms with Gasteiger partial charge in [0, 0.05) is 26.3 Å². The molecule has 61 heavy (non-hydrogen) atoms. The third-order valence-electron chi connectivity index (χ3n) is 13.8. The summed E-state index contributed by atoms with van der Waals surface area (Å²) < 4.78 is 18.7. The van der Waals surface area contributed by atoms with Gasteiger partial charge < -0.3 is 44.4 Å². The third kappa shape index (κ3) is 15.8. The molecule has 1 amide bonds. The van der Waals surface area contributed by atoms with Gasteiger partial charge in [-0.2, -0.15) is 0 Å². The molecule has 352 valence electrons. The third-order valence-corrected chi connectivity index (χ3v) is 16.9. The standard InChI is InChI=1S/C49H88N2O9P/c1-13-41-49(8,57)44(54)38(6)51(42(52)28-24-19-17-15-14-16-18-20-25-29-61(11,12)39-26-22-21-23-27-39)33-34(2)32-48(7,56)45(35(3)30-36(4)46(55)59-41)60-47-43(53)40(50(9)10)31-37(5)58-47/h21-23,26-27,34-38,40-41,43-45,47,53-54,56-57H,13-20,24-25,28-33H2,1-12H3/q+1/t34-,35+,36-,37-,38-,40+,41-,43-,44-,45-,47+,48-,49-/m1/s1. The van der Waals surface area contributed by atoms with E-state index in [0.717, 1.165) is 25.7 Å². The first kappa shape index (κ1) is 53.6. The van der Waals surface area contributed by atoms with E-state index >= 15 is 0 Å². The van der Waals surface area contributed by atoms with Crippen molar-refractivity contribution >= 4 is 24.4 Å². The van der Waals surface area contributed by atoms with Gasteiger partial charge >= 0.3 is 5.97 Å². The maximum absolute atomic E-state index is 14.2. The van der Waals surface area contributed by atoms with Crippen LogP contribution in [0.3, 0.4) is 0 Å². The zero-order chi connectivity index (χ0) is 45.7. The molecule has 13 atom stereocenters. The molecule has 2 saturated heterocycles. The minimum Gasteiger partial charge on any atom is -0.459 e. The van der Waals surface area contributed by atoms with E-state index in [9.17, 15) is 30.0 Å². The summed E-state index contributed by atoms with van der Waals surface area (Å²) in [6.07, 6.45) is 7.60. The Morgan fingerprint density at radius 1 is 0.902 bits per heavy atom. The number of carbonyl (C=O) groups excluding carboxylic acids is 2. The lowest BCUT2D eigenvalue weighted by Crippen LogP contribution is -2.60. The first-order valence-electron chi connectivity index (χ1n) is 23.7. The number of esters is 1. The molecule has 2 heterocycles. The number of hydrogen-bond donors (Lipinski definition) is 4. The maximum Gasteiger partial charge on any atom is 0.309 e. The Morgan fingerprint density at radius 3 is 2.05 bits per heavy atom. The summed E-state index contributed by atoms with van der Waals surface area (Å²) in [6.45, 7) is 19.4. The number of likely N-dealkylation sites (N-methyl/N-ethyl adjacent to an activating group) is 1. The van der Waals surface area contributed by atoms with E-state index in [1.807, 2.05) is 39.8 Å². The lowest BCUT2D eigenvalue weighted by molar-refractivity contribution is -0.295. The smallest absolute Gasteiger partial charge is 0.309 e. The van der Waals surface area contributed by atoms with E-state index in [1.165, 1.54) is 50.5 Å². The van der Waals surface area contributed by atoms with Gasteiger partial charge in [-0.3, -0.25) is 9.59 Å². The summed E-state index contributed by atoms with van der Waals surface area (Å²) >= 11 is 0. The van der Waals surface area contributed by atoms with Gasteiger partial charge in [0.1, 0.15) is 23.9 Å². The average Bonchev–Trinajstić information content (AvgIpc) is 3.19. The van der Waals surface area contributed by atoms with Crippen molar-refractivity contribution in [3.8, 4) is 0 Å². The Balaban J connectivity index is 1.69. The van der Waals surface area contributed by atoms with Crippen molar-refractivity contribution in [2.75, 3.05) is 40.1 Å². The topological polar surface area (TPSA) is 149 Å². The number of aliphatic hydroxyl groups is 4. The van der Waals surface area contributed by atoms with Gasteiger partial charge in [-0.05, 0) is 111 Å². The first-order chi connectivity index (χ1) is 28.5. The van der Waals surface area contributed by atoms with Gasteiger partial charge in [0.2, 0.25) is 5.91 Å². The molecule has 0 saturated carbocycles. The largest absolute Gasteiger partial charge is 0.459 e. The molecule has 0 aliphatic carbocycles. The van der Waals surface area contributed by atoms with Crippen LogP contribution in [0.1, 0.15) is 145 Å². The molecule has 0 aromatic heterocycles. The number of nitrogens with zero attached hydrogens (tertiary/aromatic N) is 2. The van der Waals surface area contributed by atoms with Crippen molar-refractivity contribution in [1.29, 1.82) is 0 Å². The highest BCUT2D eigenvalue weighted by atomic mass is 31.2. The van der Waals surface area contributed by atoms with E-state index in [4.69, 9.17) is 14.2 Å². The number of ether oxygens (including phenoxy) is 3. The Bertz CT molecular complexity index is 1440. The van der Waals surface area contributed by atoms with E-state index in [-0.39, 0.29) is 49.3 Å². The second-order valence-corrected chi connectivity index (χ2v) is 24.7. The van der Waals surface area contributed by atoms with Crippen LogP contribution in [0.2, 0.25) is 0 Å². The predicted octanol–water partition coefficient (Wildman–Crippen LogP) is 7.41. The molecule has 0 bridgehead atoms. The van der Waals surface area contributed by atoms with Gasteiger partial charge in [0.25, 0.3) is 0 Å². The fourth-order valence-electron chi connectivity index (χ4n) is 10.0. The maximum atomic E-state index is 14.2. The quantitative estimate of drug-likeness (QED) is 0.0709. The van der Waals surface area contributed by atoms with Crippen LogP contribution in [0.5, 0.6) is 0 Å². The van der Waals surface area contributed by atoms with Crippen LogP contribution < -0.4 is 5.30 Å². The monoisotopic (exact) mass is 880 g/mol. The summed E-state index contributed by atoms with van der Waals surface area (Å²) in [7, 11) is 2.76. The van der Waals surface area contributed by atoms with Crippen molar-refractivity contribution in [1.82, 2.24) is 9.80 Å². The molecule has 0 unspecified atom stereocenters. The minimum absolute atomic E-state index is 0.123. The van der Waals surface area contributed by atoms with Crippen molar-refractivity contribution in [3.63, 3.8) is 0 Å². The summed E-state index contributed by atoms with van der Waals surface area (Å²) in [5, 5.41) is 48.9. The number of hydrogen-bond acceptors (Lipinski definition) is 10. The highest BCUT2D eigenvalue weighted by Gasteiger charge is 2.49. The highest BCUT2D eigenvalue weighted by molar-refractivity contribution is 7.81. The van der Waals surface area contributed by atoms with Crippen molar-refractivity contribution in [3.05, 3.63) is 30.3 Å². The fourth-order valence-corrected chi connectivity index (χ4v) is 12.3. The van der Waals surface area contributed by atoms with Crippen LogP contribution in [0.15, 0.2) is 30.3 Å². The van der Waals surface area contributed by atoms with Crippen LogP contribution in [0.4, 0.5) is 0 Å². The van der Waals surface area contributed by atoms with Gasteiger partial charge in [0.15, 0.2) is 6.29 Å². The number of aliphatic hydroxyl groups excluding tert-OH is 2. The number of amides is 1. The summed E-state index contributed by atoms with van der Waals surface area (Å²) in [5.41, 5.74) is -3.31. The molecule has 12 heteroatoms. The SMILES string of the molecule is CC[C@H]1OC(=O)[C@H](C)C[C@H](C)[C@@H](O[C@@H]2O[C@H](C)C[C@H](N(C)C)[C@H]2O)[C@](C)(O)C[C@@H](C)CN(C(=O)CCCCCCCCCCC[P+](C)(C)c2ccccc2)[C@H](C)[C@@H](O)[C@]1(C)O. The molecular formula is C49H88N2O9P+. The van der Waals surface area contributed by atoms with Crippen LogP contribution >= 0.6 is 7.26 Å². The lowest BCUT2D eigenvalue weighted by atomic mass is 9.79. The molecule has 3 rings (SSSR count). The van der Waals surface area contributed by atoms with Crippen molar-refractivity contribution < 1.29 is 44.2 Å². The van der Waals surface area contributed by atoms with E-state index < -0.39 is 67.1 Å². The zero-order valence-corrected chi connectivity index (χ0v) is 41.1. The van der Waals surface area contributed by atoms with Gasteiger partial charge in [-0.1, -0.05) is 84.4 Å². The van der Waals surface area contributed by atoms with Crippen LogP contribution in [-0.2, 0) is 23.8 Å². The number of unbranched alkanes of at least 4 members (excludes halogenated alkanes) is 8. The molecule has 11 nitrogen and oxygen atoms in total. The molecule has 1 aromatic carbocycles. The highest BCUT2D eigenvalue weighted by Crippen LogP contribution is 2.50. The fraction of sp³-hybridized carbons (Fsp3) is 0.837. The normalized spacial score (nSPS) is 35.1. The summed E-state index contributed by atoms with van der Waals surface area (Å²) in [5.74, 6) is -1.93. The molecule has 1 aromatic rings. The summed E-state index contributed by atoms with van der Waals surface area (Å²) in [6, 6.07) is 9.92. The Kier molecular flexibility index (Phi) is 21.6. The molecule has 2 aliphatic rings. The first-order valence-corrected chi connectivity index (χ1v) is 26.6. The van der Waals surface area contributed by atoms with Crippen LogP contribution in [0, 0.1) is 17.8 Å². The molecule has 4 N–H and O–H groups in total. The molecular weight excluding hydrogens is 792 g/mol. The molecule has 0 radical (unpaired) electrons. The second-order valence-electron chi connectivity index (χ2n) is 20.4. The van der Waals surface area contributed by atoms with Crippen molar-refractivity contribution in [2.24, 2.45) is 17.8 Å². The predicted molar refractivity (Wildman–Crippen MR) is 249 cm³/mol. The van der Waals surface area contributed by atoms with Crippen LogP contribution in [0.25, 0.3) is 0 Å². The lowest BCUT2D eigenvalue weighted by Gasteiger charge is -2.46. The molecule has 2 fully saturated rings. The second kappa shape index (κ2) is 24.6. The van der Waals surface area contributed by atoms with Gasteiger partial charge in [0.05, 0.1) is 54.6 Å². The molecule has 2 aliphatic heterocycles. The zero-order valence-electron chi connectivity index (χ0n) is 40.2. The number of benzene rings is 1. The van der Waals surface area contributed by atoms with E-state index in [1.54, 1.807) is 32.6 Å². The average molecular weight is 880 g/mol.